The van der Waals surface area contributed by atoms with Crippen LogP contribution < -0.4 is 15.9 Å². The number of hydrogen-bond acceptors (Lipinski definition) is 7. The number of rotatable bonds is 4. The molecule has 0 fully saturated rings. The van der Waals surface area contributed by atoms with Crippen LogP contribution in [0.3, 0.4) is 0 Å². The third-order valence-electron chi connectivity index (χ3n) is 3.77. The Balaban J connectivity index is 2.14. The molecule has 0 aliphatic carbocycles. The first-order valence-electron chi connectivity index (χ1n) is 7.89. The van der Waals surface area contributed by atoms with Crippen LogP contribution >= 0.6 is 11.3 Å². The molecule has 3 rings (SSSR count). The number of esters is 1. The molecule has 130 valence electrons. The number of fused-ring (bicyclic) bond motifs is 1. The third kappa shape index (κ3) is 3.33. The van der Waals surface area contributed by atoms with Crippen molar-refractivity contribution in [3.63, 3.8) is 0 Å². The highest BCUT2D eigenvalue weighted by Crippen LogP contribution is 2.28. The maximum Gasteiger partial charge on any atom is 0.328 e. The second-order valence-electron chi connectivity index (χ2n) is 5.79. The topological polar surface area (TPSA) is 95.4 Å². The van der Waals surface area contributed by atoms with Crippen LogP contribution in [-0.2, 0) is 11.2 Å². The van der Waals surface area contributed by atoms with Crippen molar-refractivity contribution in [2.45, 2.75) is 33.2 Å². The van der Waals surface area contributed by atoms with Crippen molar-refractivity contribution in [1.29, 1.82) is 0 Å². The summed E-state index contributed by atoms with van der Waals surface area (Å²) in [6.45, 7) is 5.34. The molecule has 2 heterocycles. The Kier molecular flexibility index (Phi) is 4.69. The standard InChI is InChI=1S/C18H18N2O4S/c1-4-11-5-12-15(6-14(11)24-18(22)10(3)19)23-7-13(16(12)21)17-20-9(2)8-25-17/h5-8,10H,4,19H2,1-3H3/t10-/m1/s1. The number of ether oxygens (including phenoxy) is 1. The quantitative estimate of drug-likeness (QED) is 0.569. The van der Waals surface area contributed by atoms with Crippen LogP contribution in [0.5, 0.6) is 5.75 Å². The lowest BCUT2D eigenvalue weighted by atomic mass is 10.1. The van der Waals surface area contributed by atoms with E-state index < -0.39 is 12.0 Å². The van der Waals surface area contributed by atoms with Crippen LogP contribution in [-0.4, -0.2) is 17.0 Å². The summed E-state index contributed by atoms with van der Waals surface area (Å²) in [6.07, 6.45) is 1.99. The van der Waals surface area contributed by atoms with Crippen molar-refractivity contribution in [3.8, 4) is 16.3 Å². The molecule has 2 N–H and O–H groups in total. The van der Waals surface area contributed by atoms with Gasteiger partial charge in [0.25, 0.3) is 0 Å². The number of hydrogen-bond donors (Lipinski definition) is 1. The minimum atomic E-state index is -0.733. The molecule has 0 spiro atoms. The van der Waals surface area contributed by atoms with E-state index >= 15 is 0 Å². The zero-order chi connectivity index (χ0) is 18.1. The molecular weight excluding hydrogens is 340 g/mol. The Morgan fingerprint density at radius 1 is 1.44 bits per heavy atom. The van der Waals surface area contributed by atoms with Crippen molar-refractivity contribution in [2.24, 2.45) is 5.73 Å². The smallest absolute Gasteiger partial charge is 0.328 e. The Morgan fingerprint density at radius 2 is 2.20 bits per heavy atom. The van der Waals surface area contributed by atoms with Crippen molar-refractivity contribution < 1.29 is 13.9 Å². The molecule has 1 aromatic carbocycles. The maximum absolute atomic E-state index is 12.8. The van der Waals surface area contributed by atoms with E-state index in [2.05, 4.69) is 4.98 Å². The van der Waals surface area contributed by atoms with Gasteiger partial charge in [-0.15, -0.1) is 11.3 Å². The van der Waals surface area contributed by atoms with Gasteiger partial charge >= 0.3 is 5.97 Å². The molecule has 6 nitrogen and oxygen atoms in total. The number of benzene rings is 1. The van der Waals surface area contributed by atoms with Gasteiger partial charge in [-0.1, -0.05) is 6.92 Å². The number of nitrogens with zero attached hydrogens (tertiary/aromatic N) is 1. The van der Waals surface area contributed by atoms with Crippen LogP contribution in [0.15, 0.2) is 33.0 Å². The summed E-state index contributed by atoms with van der Waals surface area (Å²) in [4.78, 5) is 28.9. The molecule has 0 aliphatic rings. The summed E-state index contributed by atoms with van der Waals surface area (Å²) in [5, 5.41) is 2.94. The van der Waals surface area contributed by atoms with Crippen molar-refractivity contribution >= 4 is 28.3 Å². The van der Waals surface area contributed by atoms with E-state index in [9.17, 15) is 9.59 Å². The van der Waals surface area contributed by atoms with Crippen LogP contribution in [0.4, 0.5) is 0 Å². The van der Waals surface area contributed by atoms with Crippen molar-refractivity contribution in [1.82, 2.24) is 4.98 Å². The van der Waals surface area contributed by atoms with Gasteiger partial charge in [-0.05, 0) is 31.9 Å². The van der Waals surface area contributed by atoms with E-state index in [4.69, 9.17) is 14.9 Å². The Hall–Kier alpha value is -2.51. The van der Waals surface area contributed by atoms with Crippen LogP contribution in [0.1, 0.15) is 25.1 Å². The minimum absolute atomic E-state index is 0.157. The van der Waals surface area contributed by atoms with Gasteiger partial charge in [0.1, 0.15) is 28.6 Å². The molecule has 1 atom stereocenters. The molecular formula is C18H18N2O4S. The van der Waals surface area contributed by atoms with E-state index in [1.807, 2.05) is 19.2 Å². The summed E-state index contributed by atoms with van der Waals surface area (Å²) in [5.41, 5.74) is 7.76. The predicted octanol–water partition coefficient (Wildman–Crippen LogP) is 3.04. The number of carbonyl (C=O) groups excluding carboxylic acids is 1. The van der Waals surface area contributed by atoms with E-state index in [1.54, 1.807) is 19.1 Å². The summed E-state index contributed by atoms with van der Waals surface area (Å²) in [5.74, 6) is -0.176. The van der Waals surface area contributed by atoms with Crippen LogP contribution in [0.25, 0.3) is 21.5 Å². The number of aromatic nitrogens is 1. The molecule has 0 radical (unpaired) electrons. The number of carbonyl (C=O) groups is 1. The molecule has 0 saturated carbocycles. The summed E-state index contributed by atoms with van der Waals surface area (Å²) in [7, 11) is 0. The molecule has 7 heteroatoms. The molecule has 0 unspecified atom stereocenters. The fourth-order valence-corrected chi connectivity index (χ4v) is 3.20. The summed E-state index contributed by atoms with van der Waals surface area (Å²) >= 11 is 1.40. The second kappa shape index (κ2) is 6.78. The predicted molar refractivity (Wildman–Crippen MR) is 97.0 cm³/mol. The van der Waals surface area contributed by atoms with Gasteiger partial charge in [-0.2, -0.15) is 0 Å². The highest BCUT2D eigenvalue weighted by molar-refractivity contribution is 7.13. The van der Waals surface area contributed by atoms with E-state index in [1.165, 1.54) is 17.6 Å². The number of aryl methyl sites for hydroxylation is 2. The highest BCUT2D eigenvalue weighted by Gasteiger charge is 2.17. The normalized spacial score (nSPS) is 12.3. The first-order chi connectivity index (χ1) is 11.9. The molecule has 3 aromatic rings. The molecule has 0 amide bonds. The molecule has 0 aliphatic heterocycles. The zero-order valence-electron chi connectivity index (χ0n) is 14.2. The fraction of sp³-hybridized carbons (Fsp3) is 0.278. The zero-order valence-corrected chi connectivity index (χ0v) is 15.0. The Morgan fingerprint density at radius 3 is 2.80 bits per heavy atom. The van der Waals surface area contributed by atoms with Gasteiger partial charge in [-0.25, -0.2) is 9.78 Å². The summed E-state index contributed by atoms with van der Waals surface area (Å²) < 4.78 is 10.9. The highest BCUT2D eigenvalue weighted by atomic mass is 32.1. The minimum Gasteiger partial charge on any atom is -0.463 e. The Bertz CT molecular complexity index is 1000. The van der Waals surface area contributed by atoms with Crippen molar-refractivity contribution in [2.75, 3.05) is 0 Å². The Labute approximate surface area is 148 Å². The summed E-state index contributed by atoms with van der Waals surface area (Å²) in [6, 6.07) is 2.53. The first-order valence-corrected chi connectivity index (χ1v) is 8.77. The average molecular weight is 358 g/mol. The van der Waals surface area contributed by atoms with E-state index in [-0.39, 0.29) is 5.43 Å². The van der Waals surface area contributed by atoms with E-state index in [0.717, 1.165) is 11.3 Å². The number of nitrogens with two attached hydrogens (primary N) is 1. The molecule has 0 saturated heterocycles. The molecule has 0 bridgehead atoms. The number of thiazole rings is 1. The largest absolute Gasteiger partial charge is 0.463 e. The van der Waals surface area contributed by atoms with Crippen LogP contribution in [0, 0.1) is 6.92 Å². The average Bonchev–Trinajstić information content (AvgIpc) is 3.00. The molecule has 25 heavy (non-hydrogen) atoms. The van der Waals surface area contributed by atoms with Crippen LogP contribution in [0.2, 0.25) is 0 Å². The van der Waals surface area contributed by atoms with Gasteiger partial charge in [0.05, 0.1) is 10.9 Å². The maximum atomic E-state index is 12.8. The van der Waals surface area contributed by atoms with Gasteiger partial charge in [0.15, 0.2) is 0 Å². The SMILES string of the molecule is CCc1cc2c(=O)c(-c3nc(C)cs3)coc2cc1OC(=O)[C@@H](C)N. The van der Waals surface area contributed by atoms with Gasteiger partial charge in [0.2, 0.25) is 5.43 Å². The van der Waals surface area contributed by atoms with E-state index in [0.29, 0.717) is 33.7 Å². The van der Waals surface area contributed by atoms with Gasteiger partial charge in [0, 0.05) is 17.1 Å². The fourth-order valence-electron chi connectivity index (χ4n) is 2.40. The first kappa shape index (κ1) is 17.3. The lowest BCUT2D eigenvalue weighted by Gasteiger charge is -2.11. The lowest BCUT2D eigenvalue weighted by molar-refractivity contribution is -0.135. The second-order valence-corrected chi connectivity index (χ2v) is 6.65. The van der Waals surface area contributed by atoms with Crippen molar-refractivity contribution in [3.05, 3.63) is 45.3 Å². The third-order valence-corrected chi connectivity index (χ3v) is 4.76. The molecule has 2 aromatic heterocycles. The van der Waals surface area contributed by atoms with Gasteiger partial charge < -0.3 is 14.9 Å². The monoisotopic (exact) mass is 358 g/mol. The van der Waals surface area contributed by atoms with Gasteiger partial charge in [-0.3, -0.25) is 4.79 Å². The lowest BCUT2D eigenvalue weighted by Crippen LogP contribution is -2.31.